The third-order valence-electron chi connectivity index (χ3n) is 5.08. The van der Waals surface area contributed by atoms with Gasteiger partial charge in [-0.15, -0.1) is 0 Å². The van der Waals surface area contributed by atoms with Crippen LogP contribution in [-0.2, 0) is 10.2 Å². The van der Waals surface area contributed by atoms with Crippen molar-refractivity contribution in [3.05, 3.63) is 29.8 Å². The first-order valence-electron chi connectivity index (χ1n) is 10.3. The maximum atomic E-state index is 12.1. The number of aliphatic imine (C=N–C) groups is 1. The predicted octanol–water partition coefficient (Wildman–Crippen LogP) is 2.98. The normalized spacial score (nSPS) is 16.5. The maximum absolute atomic E-state index is 12.1. The number of nitrogens with zero attached hydrogens (tertiary/aromatic N) is 1. The molecule has 1 saturated carbocycles. The lowest BCUT2D eigenvalue weighted by Gasteiger charge is -2.31. The summed E-state index contributed by atoms with van der Waals surface area (Å²) in [7, 11) is 1.71. The Balaban J connectivity index is 2.08. The van der Waals surface area contributed by atoms with E-state index >= 15 is 0 Å². The molecular weight excluding hydrogens is 352 g/mol. The van der Waals surface area contributed by atoms with Gasteiger partial charge in [0, 0.05) is 24.0 Å². The van der Waals surface area contributed by atoms with E-state index in [-0.39, 0.29) is 23.4 Å². The second-order valence-electron chi connectivity index (χ2n) is 8.57. The van der Waals surface area contributed by atoms with Gasteiger partial charge in [0.2, 0.25) is 5.91 Å². The van der Waals surface area contributed by atoms with Crippen molar-refractivity contribution in [2.75, 3.05) is 26.7 Å². The molecule has 0 unspecified atom stereocenters. The Bertz CT molecular complexity index is 673. The van der Waals surface area contributed by atoms with Crippen molar-refractivity contribution in [1.29, 1.82) is 0 Å². The van der Waals surface area contributed by atoms with Crippen LogP contribution in [0.5, 0.6) is 5.75 Å². The molecule has 1 aromatic carbocycles. The van der Waals surface area contributed by atoms with Gasteiger partial charge in [0.1, 0.15) is 12.3 Å². The Labute approximate surface area is 169 Å². The van der Waals surface area contributed by atoms with E-state index in [2.05, 4.69) is 39.1 Å². The molecule has 0 saturated heterocycles. The smallest absolute Gasteiger partial charge is 0.242 e. The topological polar surface area (TPSA) is 74.8 Å². The van der Waals surface area contributed by atoms with E-state index in [1.165, 1.54) is 18.4 Å². The molecule has 1 aliphatic carbocycles. The lowest BCUT2D eigenvalue weighted by Crippen LogP contribution is -2.46. The summed E-state index contributed by atoms with van der Waals surface area (Å²) >= 11 is 0. The standard InChI is InChI=1S/C22H36N4O2/c1-6-23-20(24-15-19(27)26-21(2,3)4)25-16-22(12-7-8-13-22)17-10-9-11-18(14-17)28-5/h9-11,14H,6-8,12-13,15-16H2,1-5H3,(H,26,27)(H2,23,24,25). The monoisotopic (exact) mass is 388 g/mol. The van der Waals surface area contributed by atoms with Crippen molar-refractivity contribution in [2.24, 2.45) is 4.99 Å². The molecule has 28 heavy (non-hydrogen) atoms. The van der Waals surface area contributed by atoms with Crippen molar-refractivity contribution in [3.63, 3.8) is 0 Å². The van der Waals surface area contributed by atoms with Crippen LogP contribution in [0, 0.1) is 0 Å². The average Bonchev–Trinajstić information content (AvgIpc) is 3.13. The minimum atomic E-state index is -0.251. The summed E-state index contributed by atoms with van der Waals surface area (Å²) in [4.78, 5) is 16.6. The molecule has 1 fully saturated rings. The number of nitrogens with one attached hydrogen (secondary N) is 3. The Hall–Kier alpha value is -2.24. The number of carbonyl (C=O) groups excluding carboxylic acids is 1. The van der Waals surface area contributed by atoms with Gasteiger partial charge < -0.3 is 20.7 Å². The van der Waals surface area contributed by atoms with Crippen LogP contribution in [0.2, 0.25) is 0 Å². The molecule has 6 heteroatoms. The minimum Gasteiger partial charge on any atom is -0.497 e. The van der Waals surface area contributed by atoms with Crippen LogP contribution in [0.15, 0.2) is 29.3 Å². The number of benzene rings is 1. The number of ether oxygens (including phenoxy) is 1. The van der Waals surface area contributed by atoms with Gasteiger partial charge in [0.05, 0.1) is 7.11 Å². The summed E-state index contributed by atoms with van der Waals surface area (Å²) in [6, 6.07) is 8.38. The Kier molecular flexibility index (Phi) is 7.72. The zero-order chi connectivity index (χ0) is 20.6. The molecule has 0 aromatic heterocycles. The van der Waals surface area contributed by atoms with E-state index in [1.54, 1.807) is 7.11 Å². The highest BCUT2D eigenvalue weighted by Crippen LogP contribution is 2.41. The van der Waals surface area contributed by atoms with Gasteiger partial charge in [-0.3, -0.25) is 4.79 Å². The van der Waals surface area contributed by atoms with Crippen molar-refractivity contribution in [1.82, 2.24) is 16.0 Å². The van der Waals surface area contributed by atoms with Crippen LogP contribution >= 0.6 is 0 Å². The number of amides is 1. The van der Waals surface area contributed by atoms with Crippen LogP contribution in [-0.4, -0.2) is 44.1 Å². The van der Waals surface area contributed by atoms with Crippen molar-refractivity contribution in [3.8, 4) is 5.75 Å². The fourth-order valence-corrected chi connectivity index (χ4v) is 3.78. The molecule has 3 N–H and O–H groups in total. The minimum absolute atomic E-state index is 0.0679. The highest BCUT2D eigenvalue weighted by molar-refractivity contribution is 5.85. The lowest BCUT2D eigenvalue weighted by atomic mass is 9.78. The maximum Gasteiger partial charge on any atom is 0.242 e. The summed E-state index contributed by atoms with van der Waals surface area (Å²) in [6.07, 6.45) is 4.72. The summed E-state index contributed by atoms with van der Waals surface area (Å²) in [5.41, 5.74) is 1.12. The number of carbonyl (C=O) groups is 1. The van der Waals surface area contributed by atoms with Gasteiger partial charge >= 0.3 is 0 Å². The van der Waals surface area contributed by atoms with E-state index in [4.69, 9.17) is 4.74 Å². The van der Waals surface area contributed by atoms with E-state index in [9.17, 15) is 4.79 Å². The molecule has 1 amide bonds. The summed E-state index contributed by atoms with van der Waals surface area (Å²) in [5.74, 6) is 1.50. The fraction of sp³-hybridized carbons (Fsp3) is 0.636. The summed E-state index contributed by atoms with van der Waals surface area (Å²) < 4.78 is 5.43. The number of hydrogen-bond donors (Lipinski definition) is 3. The fourth-order valence-electron chi connectivity index (χ4n) is 3.78. The Morgan fingerprint density at radius 1 is 1.21 bits per heavy atom. The van der Waals surface area contributed by atoms with E-state index < -0.39 is 0 Å². The quantitative estimate of drug-likeness (QED) is 0.496. The molecular formula is C22H36N4O2. The van der Waals surface area contributed by atoms with Crippen molar-refractivity contribution >= 4 is 11.9 Å². The summed E-state index contributed by atoms with van der Waals surface area (Å²) in [5, 5.41) is 9.67. The van der Waals surface area contributed by atoms with Crippen LogP contribution in [0.1, 0.15) is 58.9 Å². The zero-order valence-electron chi connectivity index (χ0n) is 18.0. The molecule has 2 rings (SSSR count). The predicted molar refractivity (Wildman–Crippen MR) is 115 cm³/mol. The first-order chi connectivity index (χ1) is 13.3. The third kappa shape index (κ3) is 6.43. The Morgan fingerprint density at radius 2 is 1.93 bits per heavy atom. The highest BCUT2D eigenvalue weighted by Gasteiger charge is 2.36. The van der Waals surface area contributed by atoms with Crippen LogP contribution in [0.25, 0.3) is 0 Å². The molecule has 6 nitrogen and oxygen atoms in total. The van der Waals surface area contributed by atoms with Crippen LogP contribution < -0.4 is 20.7 Å². The average molecular weight is 389 g/mol. The first-order valence-corrected chi connectivity index (χ1v) is 10.3. The lowest BCUT2D eigenvalue weighted by molar-refractivity contribution is -0.121. The SMILES string of the molecule is CCNC(=NCC(=O)NC(C)(C)C)NCC1(c2cccc(OC)c2)CCCC1. The van der Waals surface area contributed by atoms with Crippen LogP contribution in [0.3, 0.4) is 0 Å². The van der Waals surface area contributed by atoms with Gasteiger partial charge in [0.25, 0.3) is 0 Å². The van der Waals surface area contributed by atoms with E-state index in [0.29, 0.717) is 5.96 Å². The van der Waals surface area contributed by atoms with Gasteiger partial charge in [-0.05, 0) is 58.2 Å². The molecule has 0 aliphatic heterocycles. The largest absolute Gasteiger partial charge is 0.497 e. The van der Waals surface area contributed by atoms with Gasteiger partial charge in [-0.1, -0.05) is 25.0 Å². The molecule has 1 aromatic rings. The molecule has 156 valence electrons. The summed E-state index contributed by atoms with van der Waals surface area (Å²) in [6.45, 7) is 9.58. The highest BCUT2D eigenvalue weighted by atomic mass is 16.5. The number of rotatable bonds is 7. The third-order valence-corrected chi connectivity index (χ3v) is 5.08. The molecule has 0 heterocycles. The number of guanidine groups is 1. The number of methoxy groups -OCH3 is 1. The van der Waals surface area contributed by atoms with Gasteiger partial charge in [-0.2, -0.15) is 0 Å². The van der Waals surface area contributed by atoms with Gasteiger partial charge in [0.15, 0.2) is 5.96 Å². The second-order valence-corrected chi connectivity index (χ2v) is 8.57. The van der Waals surface area contributed by atoms with Gasteiger partial charge in [-0.25, -0.2) is 4.99 Å². The van der Waals surface area contributed by atoms with Crippen molar-refractivity contribution < 1.29 is 9.53 Å². The second kappa shape index (κ2) is 9.80. The molecule has 0 spiro atoms. The molecule has 0 bridgehead atoms. The Morgan fingerprint density at radius 3 is 2.54 bits per heavy atom. The number of hydrogen-bond acceptors (Lipinski definition) is 3. The molecule has 1 aliphatic rings. The van der Waals surface area contributed by atoms with E-state index in [0.717, 1.165) is 31.7 Å². The first kappa shape index (κ1) is 22.1. The van der Waals surface area contributed by atoms with Crippen molar-refractivity contribution in [2.45, 2.75) is 64.3 Å². The van der Waals surface area contributed by atoms with E-state index in [1.807, 2.05) is 33.8 Å². The molecule has 0 radical (unpaired) electrons. The zero-order valence-corrected chi connectivity index (χ0v) is 18.0. The van der Waals surface area contributed by atoms with Crippen LogP contribution in [0.4, 0.5) is 0 Å². The molecule has 0 atom stereocenters.